The van der Waals surface area contributed by atoms with Gasteiger partial charge in [0.15, 0.2) is 0 Å². The molecule has 130 valence electrons. The van der Waals surface area contributed by atoms with Crippen molar-refractivity contribution in [2.24, 2.45) is 0 Å². The van der Waals surface area contributed by atoms with E-state index in [9.17, 15) is 9.59 Å². The molecular weight excluding hydrogens is 302 g/mol. The van der Waals surface area contributed by atoms with Crippen LogP contribution >= 0.6 is 0 Å². The summed E-state index contributed by atoms with van der Waals surface area (Å²) in [5.41, 5.74) is 2.46. The van der Waals surface area contributed by atoms with Gasteiger partial charge in [0.25, 0.3) is 5.91 Å². The predicted molar refractivity (Wildman–Crippen MR) is 96.6 cm³/mol. The van der Waals surface area contributed by atoms with Crippen LogP contribution in [0.4, 0.5) is 11.4 Å². The normalized spacial score (nSPS) is 17.4. The molecule has 24 heavy (non-hydrogen) atoms. The van der Waals surface area contributed by atoms with Gasteiger partial charge in [0.05, 0.1) is 5.56 Å². The minimum atomic E-state index is 0.00555. The fourth-order valence-corrected chi connectivity index (χ4v) is 3.56. The molecule has 2 fully saturated rings. The van der Waals surface area contributed by atoms with Crippen LogP contribution in [0.3, 0.4) is 0 Å². The molecule has 5 heteroatoms. The summed E-state index contributed by atoms with van der Waals surface area (Å²) in [4.78, 5) is 29.1. The Bertz CT molecular complexity index is 603. The molecule has 0 aromatic heterocycles. The zero-order valence-electron chi connectivity index (χ0n) is 14.5. The third-order valence-corrected chi connectivity index (χ3v) is 4.83. The fourth-order valence-electron chi connectivity index (χ4n) is 3.56. The van der Waals surface area contributed by atoms with Gasteiger partial charge in [-0.15, -0.1) is 0 Å². The van der Waals surface area contributed by atoms with Crippen LogP contribution in [0, 0.1) is 0 Å². The van der Waals surface area contributed by atoms with Gasteiger partial charge in [-0.05, 0) is 50.3 Å². The van der Waals surface area contributed by atoms with Gasteiger partial charge in [-0.3, -0.25) is 9.59 Å². The maximum Gasteiger partial charge on any atom is 0.256 e. The SMILES string of the molecule is CCCC(=O)Nc1ccc(N2CCCC2)c(C(=O)N2CCCC2)c1. The van der Waals surface area contributed by atoms with Gasteiger partial charge < -0.3 is 15.1 Å². The van der Waals surface area contributed by atoms with E-state index >= 15 is 0 Å². The van der Waals surface area contributed by atoms with Gasteiger partial charge in [-0.25, -0.2) is 0 Å². The number of anilines is 2. The van der Waals surface area contributed by atoms with Crippen LogP contribution in [0.2, 0.25) is 0 Å². The molecule has 1 N–H and O–H groups in total. The van der Waals surface area contributed by atoms with Crippen LogP contribution in [0.1, 0.15) is 55.8 Å². The molecule has 1 aromatic rings. The quantitative estimate of drug-likeness (QED) is 0.902. The van der Waals surface area contributed by atoms with Crippen molar-refractivity contribution < 1.29 is 9.59 Å². The standard InChI is InChI=1S/C19H27N3O2/c1-2-7-18(23)20-15-8-9-17(21-10-3-4-11-21)16(14-15)19(24)22-12-5-6-13-22/h8-9,14H,2-7,10-13H2,1H3,(H,20,23). The first-order valence-corrected chi connectivity index (χ1v) is 9.17. The summed E-state index contributed by atoms with van der Waals surface area (Å²) >= 11 is 0. The van der Waals surface area contributed by atoms with Gasteiger partial charge in [0, 0.05) is 44.0 Å². The Hall–Kier alpha value is -2.04. The topological polar surface area (TPSA) is 52.7 Å². The molecule has 3 rings (SSSR count). The highest BCUT2D eigenvalue weighted by Crippen LogP contribution is 2.29. The van der Waals surface area contributed by atoms with Crippen molar-refractivity contribution in [2.75, 3.05) is 36.4 Å². The fraction of sp³-hybridized carbons (Fsp3) is 0.579. The number of benzene rings is 1. The average molecular weight is 329 g/mol. The molecule has 0 unspecified atom stereocenters. The third-order valence-electron chi connectivity index (χ3n) is 4.83. The number of amides is 2. The van der Waals surface area contributed by atoms with Gasteiger partial charge >= 0.3 is 0 Å². The van der Waals surface area contributed by atoms with Crippen LogP contribution < -0.4 is 10.2 Å². The van der Waals surface area contributed by atoms with Gasteiger partial charge in [-0.1, -0.05) is 6.92 Å². The second-order valence-electron chi connectivity index (χ2n) is 6.72. The lowest BCUT2D eigenvalue weighted by Gasteiger charge is -2.24. The number of carbonyl (C=O) groups is 2. The lowest BCUT2D eigenvalue weighted by atomic mass is 10.1. The largest absolute Gasteiger partial charge is 0.371 e. The molecule has 5 nitrogen and oxygen atoms in total. The molecule has 0 spiro atoms. The summed E-state index contributed by atoms with van der Waals surface area (Å²) in [7, 11) is 0. The molecule has 2 amide bonds. The molecule has 2 aliphatic heterocycles. The highest BCUT2D eigenvalue weighted by molar-refractivity contribution is 6.02. The minimum absolute atomic E-state index is 0.00555. The number of nitrogens with one attached hydrogen (secondary N) is 1. The van der Waals surface area contributed by atoms with E-state index in [1.807, 2.05) is 30.0 Å². The lowest BCUT2D eigenvalue weighted by Crippen LogP contribution is -2.30. The highest BCUT2D eigenvalue weighted by Gasteiger charge is 2.25. The number of likely N-dealkylation sites (tertiary alicyclic amines) is 1. The van der Waals surface area contributed by atoms with E-state index in [1.54, 1.807) is 0 Å². The van der Waals surface area contributed by atoms with Gasteiger partial charge in [-0.2, -0.15) is 0 Å². The van der Waals surface area contributed by atoms with Crippen molar-refractivity contribution in [3.63, 3.8) is 0 Å². The summed E-state index contributed by atoms with van der Waals surface area (Å²) < 4.78 is 0. The number of hydrogen-bond acceptors (Lipinski definition) is 3. The number of rotatable bonds is 5. The Morgan fingerprint density at radius 1 is 1.04 bits per heavy atom. The molecule has 0 aliphatic carbocycles. The number of nitrogens with zero attached hydrogens (tertiary/aromatic N) is 2. The van der Waals surface area contributed by atoms with Crippen LogP contribution in [0.15, 0.2) is 18.2 Å². The molecule has 0 radical (unpaired) electrons. The van der Waals surface area contributed by atoms with E-state index in [0.29, 0.717) is 6.42 Å². The van der Waals surface area contributed by atoms with E-state index < -0.39 is 0 Å². The van der Waals surface area contributed by atoms with Gasteiger partial charge in [0.2, 0.25) is 5.91 Å². The van der Waals surface area contributed by atoms with Crippen molar-refractivity contribution in [3.05, 3.63) is 23.8 Å². The van der Waals surface area contributed by atoms with E-state index in [1.165, 1.54) is 12.8 Å². The maximum atomic E-state index is 13.0. The Kier molecular flexibility index (Phi) is 5.38. The van der Waals surface area contributed by atoms with Crippen molar-refractivity contribution in [2.45, 2.75) is 45.4 Å². The Labute approximate surface area is 144 Å². The third kappa shape index (κ3) is 3.71. The highest BCUT2D eigenvalue weighted by atomic mass is 16.2. The molecular formula is C19H27N3O2. The first kappa shape index (κ1) is 16.8. The first-order valence-electron chi connectivity index (χ1n) is 9.17. The first-order chi connectivity index (χ1) is 11.7. The Morgan fingerprint density at radius 2 is 1.71 bits per heavy atom. The number of carbonyl (C=O) groups excluding carboxylic acids is 2. The zero-order valence-corrected chi connectivity index (χ0v) is 14.5. The smallest absolute Gasteiger partial charge is 0.256 e. The van der Waals surface area contributed by atoms with Crippen molar-refractivity contribution in [1.29, 1.82) is 0 Å². The Morgan fingerprint density at radius 3 is 2.38 bits per heavy atom. The van der Waals surface area contributed by atoms with Crippen LogP contribution in [-0.2, 0) is 4.79 Å². The van der Waals surface area contributed by atoms with Crippen molar-refractivity contribution >= 4 is 23.2 Å². The zero-order chi connectivity index (χ0) is 16.9. The Balaban J connectivity index is 1.87. The molecule has 2 aliphatic rings. The van der Waals surface area contributed by atoms with E-state index in [2.05, 4.69) is 10.2 Å². The van der Waals surface area contributed by atoms with E-state index in [-0.39, 0.29) is 11.8 Å². The lowest BCUT2D eigenvalue weighted by molar-refractivity contribution is -0.116. The second-order valence-corrected chi connectivity index (χ2v) is 6.72. The van der Waals surface area contributed by atoms with Crippen LogP contribution in [-0.4, -0.2) is 42.9 Å². The van der Waals surface area contributed by atoms with Gasteiger partial charge in [0.1, 0.15) is 0 Å². The molecule has 0 atom stereocenters. The summed E-state index contributed by atoms with van der Waals surface area (Å²) in [6.45, 7) is 5.66. The molecule has 2 heterocycles. The summed E-state index contributed by atoms with van der Waals surface area (Å²) in [6, 6.07) is 5.78. The summed E-state index contributed by atoms with van der Waals surface area (Å²) in [5.74, 6) is 0.104. The average Bonchev–Trinajstić information content (AvgIpc) is 3.28. The van der Waals surface area contributed by atoms with Crippen molar-refractivity contribution in [3.8, 4) is 0 Å². The summed E-state index contributed by atoms with van der Waals surface area (Å²) in [6.07, 6.45) is 5.83. The predicted octanol–water partition coefficient (Wildman–Crippen LogP) is 3.26. The van der Waals surface area contributed by atoms with Crippen LogP contribution in [0.25, 0.3) is 0 Å². The van der Waals surface area contributed by atoms with E-state index in [0.717, 1.165) is 62.4 Å². The molecule has 2 saturated heterocycles. The number of hydrogen-bond donors (Lipinski definition) is 1. The molecule has 0 saturated carbocycles. The summed E-state index contributed by atoms with van der Waals surface area (Å²) in [5, 5.41) is 2.92. The maximum absolute atomic E-state index is 13.0. The van der Waals surface area contributed by atoms with E-state index in [4.69, 9.17) is 0 Å². The molecule has 1 aromatic carbocycles. The van der Waals surface area contributed by atoms with Crippen molar-refractivity contribution in [1.82, 2.24) is 4.90 Å². The van der Waals surface area contributed by atoms with Crippen LogP contribution in [0.5, 0.6) is 0 Å². The second kappa shape index (κ2) is 7.69. The minimum Gasteiger partial charge on any atom is -0.371 e. The molecule has 0 bridgehead atoms. The monoisotopic (exact) mass is 329 g/mol.